The predicted molar refractivity (Wildman–Crippen MR) is 43.5 cm³/mol. The molecule has 0 bridgehead atoms. The molecule has 0 saturated carbocycles. The molecule has 1 heterocycles. The van der Waals surface area contributed by atoms with Crippen molar-refractivity contribution in [2.75, 3.05) is 0 Å². The van der Waals surface area contributed by atoms with Gasteiger partial charge in [-0.05, 0) is 29.8 Å². The average molecular weight is 204 g/mol. The van der Waals surface area contributed by atoms with Crippen LogP contribution < -0.4 is 5.73 Å². The largest absolute Gasteiger partial charge is 0.321 e. The van der Waals surface area contributed by atoms with E-state index in [0.29, 0.717) is 0 Å². The topological polar surface area (TPSA) is 54.7 Å². The summed E-state index contributed by atoms with van der Waals surface area (Å²) in [6.07, 6.45) is 1.70. The number of nitrogens with one attached hydrogen (secondary N) is 1. The van der Waals surface area contributed by atoms with Crippen molar-refractivity contribution in [2.45, 2.75) is 19.4 Å². The molecule has 0 aliphatic carbocycles. The summed E-state index contributed by atoms with van der Waals surface area (Å²) in [5, 5.41) is 6.66. The first-order valence-corrected chi connectivity index (χ1v) is 3.79. The maximum absolute atomic E-state index is 5.80. The summed E-state index contributed by atoms with van der Waals surface area (Å²) in [6.45, 7) is 3.84. The molecule has 1 aromatic rings. The van der Waals surface area contributed by atoms with Crippen LogP contribution in [-0.2, 0) is 5.54 Å². The van der Waals surface area contributed by atoms with Gasteiger partial charge >= 0.3 is 0 Å². The van der Waals surface area contributed by atoms with Gasteiger partial charge in [-0.3, -0.25) is 5.10 Å². The van der Waals surface area contributed by atoms with E-state index in [2.05, 4.69) is 26.1 Å². The first-order valence-electron chi connectivity index (χ1n) is 3.00. The Morgan fingerprint density at radius 3 is 2.50 bits per heavy atom. The zero-order valence-corrected chi connectivity index (χ0v) is 7.57. The van der Waals surface area contributed by atoms with Crippen molar-refractivity contribution >= 4 is 15.9 Å². The van der Waals surface area contributed by atoms with E-state index >= 15 is 0 Å². The Bertz CT molecular complexity index is 223. The fourth-order valence-electron chi connectivity index (χ4n) is 0.723. The van der Waals surface area contributed by atoms with Gasteiger partial charge in [0.15, 0.2) is 0 Å². The van der Waals surface area contributed by atoms with E-state index in [1.807, 2.05) is 13.8 Å². The summed E-state index contributed by atoms with van der Waals surface area (Å²) < 4.78 is 0.931. The maximum Gasteiger partial charge on any atom is 0.0687 e. The zero-order valence-electron chi connectivity index (χ0n) is 5.98. The number of rotatable bonds is 1. The number of hydrogen-bond acceptors (Lipinski definition) is 2. The Morgan fingerprint density at radius 2 is 2.30 bits per heavy atom. The second-order valence-electron chi connectivity index (χ2n) is 2.81. The van der Waals surface area contributed by atoms with Crippen LogP contribution in [0.25, 0.3) is 0 Å². The zero-order chi connectivity index (χ0) is 7.78. The van der Waals surface area contributed by atoms with Gasteiger partial charge in [0.2, 0.25) is 0 Å². The van der Waals surface area contributed by atoms with Crippen LogP contribution in [0.15, 0.2) is 10.7 Å². The minimum Gasteiger partial charge on any atom is -0.321 e. The maximum atomic E-state index is 5.80. The molecule has 1 aromatic heterocycles. The van der Waals surface area contributed by atoms with E-state index in [1.165, 1.54) is 0 Å². The molecule has 56 valence electrons. The summed E-state index contributed by atoms with van der Waals surface area (Å²) in [5.74, 6) is 0. The van der Waals surface area contributed by atoms with Crippen LogP contribution in [0.4, 0.5) is 0 Å². The molecular formula is C6H10BrN3. The number of nitrogens with zero attached hydrogens (tertiary/aromatic N) is 1. The molecular weight excluding hydrogens is 194 g/mol. The van der Waals surface area contributed by atoms with Crippen LogP contribution in [0.2, 0.25) is 0 Å². The molecule has 10 heavy (non-hydrogen) atoms. The standard InChI is InChI=1S/C6H10BrN3/c1-6(2,8)5-4(7)3-9-10-5/h3H,8H2,1-2H3,(H,9,10). The molecule has 0 fully saturated rings. The number of H-pyrrole nitrogens is 1. The lowest BCUT2D eigenvalue weighted by Gasteiger charge is -2.16. The van der Waals surface area contributed by atoms with Crippen molar-refractivity contribution in [3.05, 3.63) is 16.4 Å². The van der Waals surface area contributed by atoms with Crippen LogP contribution in [0.1, 0.15) is 19.5 Å². The highest BCUT2D eigenvalue weighted by atomic mass is 79.9. The van der Waals surface area contributed by atoms with Crippen LogP contribution in [0, 0.1) is 0 Å². The van der Waals surface area contributed by atoms with E-state index in [4.69, 9.17) is 5.73 Å². The number of aromatic nitrogens is 2. The molecule has 0 atom stereocenters. The Hall–Kier alpha value is -0.350. The highest BCUT2D eigenvalue weighted by Crippen LogP contribution is 2.22. The first kappa shape index (κ1) is 7.75. The van der Waals surface area contributed by atoms with Gasteiger partial charge in [0.25, 0.3) is 0 Å². The lowest BCUT2D eigenvalue weighted by atomic mass is 10.0. The number of halogens is 1. The Morgan fingerprint density at radius 1 is 1.70 bits per heavy atom. The number of nitrogens with two attached hydrogens (primary N) is 1. The van der Waals surface area contributed by atoms with Crippen molar-refractivity contribution in [1.82, 2.24) is 10.2 Å². The molecule has 0 radical (unpaired) electrons. The molecule has 0 unspecified atom stereocenters. The second-order valence-corrected chi connectivity index (χ2v) is 3.67. The van der Waals surface area contributed by atoms with Crippen molar-refractivity contribution in [1.29, 1.82) is 0 Å². The molecule has 0 aromatic carbocycles. The Kier molecular flexibility index (Phi) is 1.83. The Labute approximate surface area is 68.1 Å². The van der Waals surface area contributed by atoms with Crippen LogP contribution >= 0.6 is 15.9 Å². The van der Waals surface area contributed by atoms with E-state index in [-0.39, 0.29) is 5.54 Å². The Balaban J connectivity index is 3.05. The van der Waals surface area contributed by atoms with Crippen LogP contribution in [-0.4, -0.2) is 10.2 Å². The molecule has 3 nitrogen and oxygen atoms in total. The fraction of sp³-hybridized carbons (Fsp3) is 0.500. The monoisotopic (exact) mass is 203 g/mol. The molecule has 1 rings (SSSR count). The van der Waals surface area contributed by atoms with E-state index in [1.54, 1.807) is 6.20 Å². The first-order chi connectivity index (χ1) is 4.52. The summed E-state index contributed by atoms with van der Waals surface area (Å²) in [7, 11) is 0. The lowest BCUT2D eigenvalue weighted by molar-refractivity contribution is 0.531. The average Bonchev–Trinajstić information content (AvgIpc) is 2.11. The molecule has 0 spiro atoms. The van der Waals surface area contributed by atoms with Crippen LogP contribution in [0.3, 0.4) is 0 Å². The van der Waals surface area contributed by atoms with E-state index in [0.717, 1.165) is 10.2 Å². The normalized spacial score (nSPS) is 12.0. The third kappa shape index (κ3) is 1.38. The second kappa shape index (κ2) is 2.36. The highest BCUT2D eigenvalue weighted by molar-refractivity contribution is 9.10. The summed E-state index contributed by atoms with van der Waals surface area (Å²) in [4.78, 5) is 0. The van der Waals surface area contributed by atoms with Gasteiger partial charge in [-0.1, -0.05) is 0 Å². The van der Waals surface area contributed by atoms with E-state index < -0.39 is 0 Å². The predicted octanol–water partition coefficient (Wildman–Crippen LogP) is 1.37. The number of hydrogen-bond donors (Lipinski definition) is 2. The molecule has 0 aliphatic heterocycles. The summed E-state index contributed by atoms with van der Waals surface area (Å²) in [5.41, 5.74) is 6.37. The minimum atomic E-state index is -0.352. The minimum absolute atomic E-state index is 0.352. The molecule has 3 N–H and O–H groups in total. The molecule has 0 saturated heterocycles. The van der Waals surface area contributed by atoms with Crippen LogP contribution in [0.5, 0.6) is 0 Å². The quantitative estimate of drug-likeness (QED) is 0.725. The summed E-state index contributed by atoms with van der Waals surface area (Å²) in [6, 6.07) is 0. The van der Waals surface area contributed by atoms with Gasteiger partial charge in [0.05, 0.1) is 21.9 Å². The van der Waals surface area contributed by atoms with Crippen molar-refractivity contribution in [3.63, 3.8) is 0 Å². The third-order valence-corrected chi connectivity index (χ3v) is 1.84. The fourth-order valence-corrected chi connectivity index (χ4v) is 1.43. The van der Waals surface area contributed by atoms with Crippen molar-refractivity contribution < 1.29 is 0 Å². The van der Waals surface area contributed by atoms with Gasteiger partial charge in [0, 0.05) is 0 Å². The lowest BCUT2D eigenvalue weighted by Crippen LogP contribution is -2.29. The van der Waals surface area contributed by atoms with Gasteiger partial charge < -0.3 is 5.73 Å². The molecule has 4 heteroatoms. The van der Waals surface area contributed by atoms with Crippen molar-refractivity contribution in [3.8, 4) is 0 Å². The molecule has 0 amide bonds. The third-order valence-electron chi connectivity index (χ3n) is 1.24. The molecule has 0 aliphatic rings. The van der Waals surface area contributed by atoms with E-state index in [9.17, 15) is 0 Å². The highest BCUT2D eigenvalue weighted by Gasteiger charge is 2.18. The van der Waals surface area contributed by atoms with Gasteiger partial charge in [-0.15, -0.1) is 0 Å². The smallest absolute Gasteiger partial charge is 0.0687 e. The van der Waals surface area contributed by atoms with Crippen molar-refractivity contribution in [2.24, 2.45) is 5.73 Å². The van der Waals surface area contributed by atoms with Gasteiger partial charge in [-0.25, -0.2) is 0 Å². The SMILES string of the molecule is CC(C)(N)c1[nH]ncc1Br. The summed E-state index contributed by atoms with van der Waals surface area (Å²) >= 11 is 3.33. The van der Waals surface area contributed by atoms with Gasteiger partial charge in [-0.2, -0.15) is 5.10 Å². The van der Waals surface area contributed by atoms with Gasteiger partial charge in [0.1, 0.15) is 0 Å². The number of aromatic amines is 1.